The van der Waals surface area contributed by atoms with E-state index in [1.807, 2.05) is 0 Å². The SMILES string of the molecule is CC(C)C(C)(C)C(=O)P(=O)(O)O. The van der Waals surface area contributed by atoms with Crippen LogP contribution >= 0.6 is 7.60 Å². The van der Waals surface area contributed by atoms with Crippen LogP contribution in [0.4, 0.5) is 0 Å². The van der Waals surface area contributed by atoms with E-state index in [1.54, 1.807) is 27.7 Å². The molecule has 0 aliphatic rings. The van der Waals surface area contributed by atoms with Gasteiger partial charge < -0.3 is 9.79 Å². The first kappa shape index (κ1) is 11.8. The summed E-state index contributed by atoms with van der Waals surface area (Å²) in [7, 11) is -4.57. The first-order valence-corrected chi connectivity index (χ1v) is 5.32. The Labute approximate surface area is 72.1 Å². The van der Waals surface area contributed by atoms with Crippen LogP contribution in [0.15, 0.2) is 0 Å². The van der Waals surface area contributed by atoms with Gasteiger partial charge in [0.2, 0.25) is 5.52 Å². The molecule has 0 atom stereocenters. The Morgan fingerprint density at radius 1 is 1.33 bits per heavy atom. The van der Waals surface area contributed by atoms with Crippen LogP contribution in [-0.2, 0) is 9.36 Å². The third-order valence-electron chi connectivity index (χ3n) is 2.26. The van der Waals surface area contributed by atoms with Gasteiger partial charge in [0, 0.05) is 5.41 Å². The first-order chi connectivity index (χ1) is 5.10. The number of carbonyl (C=O) groups excluding carboxylic acids is 1. The third-order valence-corrected chi connectivity index (χ3v) is 3.36. The van der Waals surface area contributed by atoms with Crippen molar-refractivity contribution in [1.82, 2.24) is 0 Å². The minimum Gasteiger partial charge on any atom is -0.319 e. The molecular formula is C7H15O4P. The standard InChI is InChI=1S/C7H15O4P/c1-5(2)7(3,4)6(8)12(9,10)11/h5H,1-4H3,(H2,9,10,11). The van der Waals surface area contributed by atoms with Gasteiger partial charge in [-0.15, -0.1) is 0 Å². The summed E-state index contributed by atoms with van der Waals surface area (Å²) in [6.45, 7) is 6.60. The van der Waals surface area contributed by atoms with E-state index < -0.39 is 18.5 Å². The lowest BCUT2D eigenvalue weighted by Gasteiger charge is -2.27. The normalized spacial score (nSPS) is 13.6. The molecule has 0 heterocycles. The fourth-order valence-corrected chi connectivity index (χ4v) is 1.63. The van der Waals surface area contributed by atoms with E-state index in [0.717, 1.165) is 0 Å². The monoisotopic (exact) mass is 194 g/mol. The molecule has 0 aliphatic heterocycles. The van der Waals surface area contributed by atoms with Crippen LogP contribution in [0, 0.1) is 11.3 Å². The fraction of sp³-hybridized carbons (Fsp3) is 0.857. The molecule has 0 unspecified atom stereocenters. The van der Waals surface area contributed by atoms with Crippen molar-refractivity contribution in [1.29, 1.82) is 0 Å². The summed E-state index contributed by atoms with van der Waals surface area (Å²) < 4.78 is 10.6. The van der Waals surface area contributed by atoms with Gasteiger partial charge in [-0.2, -0.15) is 0 Å². The molecule has 0 aromatic carbocycles. The van der Waals surface area contributed by atoms with Gasteiger partial charge in [-0.25, -0.2) is 0 Å². The predicted octanol–water partition coefficient (Wildman–Crippen LogP) is 1.37. The van der Waals surface area contributed by atoms with Crippen LogP contribution in [0.5, 0.6) is 0 Å². The van der Waals surface area contributed by atoms with Crippen molar-refractivity contribution in [3.05, 3.63) is 0 Å². The Kier molecular flexibility index (Phi) is 3.24. The minimum absolute atomic E-state index is 0.0855. The van der Waals surface area contributed by atoms with Crippen molar-refractivity contribution in [2.45, 2.75) is 27.7 Å². The number of rotatable bonds is 3. The Balaban J connectivity index is 4.83. The molecule has 72 valence electrons. The molecule has 0 aromatic heterocycles. The Bertz CT molecular complexity index is 226. The maximum absolute atomic E-state index is 11.2. The van der Waals surface area contributed by atoms with Crippen LogP contribution in [-0.4, -0.2) is 15.3 Å². The highest BCUT2D eigenvalue weighted by molar-refractivity contribution is 7.70. The molecule has 12 heavy (non-hydrogen) atoms. The lowest BCUT2D eigenvalue weighted by atomic mass is 9.83. The first-order valence-electron chi connectivity index (χ1n) is 3.70. The second kappa shape index (κ2) is 3.29. The van der Waals surface area contributed by atoms with E-state index in [1.165, 1.54) is 0 Å². The van der Waals surface area contributed by atoms with Gasteiger partial charge in [0.05, 0.1) is 0 Å². The fourth-order valence-electron chi connectivity index (χ4n) is 0.622. The average Bonchev–Trinajstić information content (AvgIpc) is 1.83. The zero-order valence-corrected chi connectivity index (χ0v) is 8.63. The van der Waals surface area contributed by atoms with Crippen molar-refractivity contribution < 1.29 is 19.1 Å². The summed E-state index contributed by atoms with van der Waals surface area (Å²) in [6, 6.07) is 0. The quantitative estimate of drug-likeness (QED) is 0.665. The summed E-state index contributed by atoms with van der Waals surface area (Å²) in [5.41, 5.74) is -1.94. The van der Waals surface area contributed by atoms with Crippen LogP contribution < -0.4 is 0 Å². The molecule has 4 nitrogen and oxygen atoms in total. The van der Waals surface area contributed by atoms with Crippen molar-refractivity contribution in [3.8, 4) is 0 Å². The van der Waals surface area contributed by atoms with E-state index in [9.17, 15) is 9.36 Å². The highest BCUT2D eigenvalue weighted by Gasteiger charge is 2.41. The summed E-state index contributed by atoms with van der Waals surface area (Å²) in [4.78, 5) is 28.4. The van der Waals surface area contributed by atoms with E-state index in [-0.39, 0.29) is 5.92 Å². The van der Waals surface area contributed by atoms with Crippen molar-refractivity contribution in [2.24, 2.45) is 11.3 Å². The van der Waals surface area contributed by atoms with Crippen LogP contribution in [0.3, 0.4) is 0 Å². The second-order valence-corrected chi connectivity index (χ2v) is 5.22. The molecule has 0 rings (SSSR count). The summed E-state index contributed by atoms with van der Waals surface area (Å²) in [6.07, 6.45) is 0. The maximum atomic E-state index is 11.2. The third kappa shape index (κ3) is 2.41. The van der Waals surface area contributed by atoms with Crippen LogP contribution in [0.1, 0.15) is 27.7 Å². The van der Waals surface area contributed by atoms with Gasteiger partial charge in [-0.1, -0.05) is 27.7 Å². The predicted molar refractivity (Wildman–Crippen MR) is 45.7 cm³/mol. The van der Waals surface area contributed by atoms with Gasteiger partial charge in [-0.3, -0.25) is 9.36 Å². The second-order valence-electron chi connectivity index (χ2n) is 3.73. The maximum Gasteiger partial charge on any atom is 0.392 e. The number of hydrogen-bond donors (Lipinski definition) is 2. The largest absolute Gasteiger partial charge is 0.392 e. The van der Waals surface area contributed by atoms with Gasteiger partial charge in [0.1, 0.15) is 0 Å². The highest BCUT2D eigenvalue weighted by atomic mass is 31.2. The Hall–Kier alpha value is -0.180. The highest BCUT2D eigenvalue weighted by Crippen LogP contribution is 2.46. The lowest BCUT2D eigenvalue weighted by Crippen LogP contribution is -2.29. The molecule has 0 saturated carbocycles. The van der Waals surface area contributed by atoms with Crippen LogP contribution in [0.2, 0.25) is 0 Å². The minimum atomic E-state index is -4.57. The van der Waals surface area contributed by atoms with Gasteiger partial charge in [0.15, 0.2) is 0 Å². The Morgan fingerprint density at radius 3 is 1.75 bits per heavy atom. The van der Waals surface area contributed by atoms with Gasteiger partial charge in [0.25, 0.3) is 0 Å². The summed E-state index contributed by atoms with van der Waals surface area (Å²) >= 11 is 0. The van der Waals surface area contributed by atoms with Crippen molar-refractivity contribution in [2.75, 3.05) is 0 Å². The summed E-state index contributed by atoms with van der Waals surface area (Å²) in [5, 5.41) is 0. The zero-order chi connectivity index (χ0) is 10.2. The van der Waals surface area contributed by atoms with E-state index >= 15 is 0 Å². The molecule has 0 radical (unpaired) electrons. The summed E-state index contributed by atoms with van der Waals surface area (Å²) in [5.74, 6) is -0.0855. The topological polar surface area (TPSA) is 74.6 Å². The molecular weight excluding hydrogens is 179 g/mol. The molecule has 0 fully saturated rings. The smallest absolute Gasteiger partial charge is 0.319 e. The molecule has 0 spiro atoms. The van der Waals surface area contributed by atoms with Gasteiger partial charge in [-0.05, 0) is 5.92 Å². The lowest BCUT2D eigenvalue weighted by molar-refractivity contribution is -0.122. The van der Waals surface area contributed by atoms with E-state index in [0.29, 0.717) is 0 Å². The molecule has 0 amide bonds. The zero-order valence-electron chi connectivity index (χ0n) is 7.74. The molecule has 0 aromatic rings. The molecule has 5 heteroatoms. The molecule has 0 bridgehead atoms. The van der Waals surface area contributed by atoms with Gasteiger partial charge >= 0.3 is 7.60 Å². The molecule has 0 saturated heterocycles. The van der Waals surface area contributed by atoms with Crippen LogP contribution in [0.25, 0.3) is 0 Å². The van der Waals surface area contributed by atoms with E-state index in [2.05, 4.69) is 0 Å². The van der Waals surface area contributed by atoms with Crippen molar-refractivity contribution in [3.63, 3.8) is 0 Å². The van der Waals surface area contributed by atoms with Crippen molar-refractivity contribution >= 4 is 13.1 Å². The molecule has 2 N–H and O–H groups in total. The Morgan fingerprint density at radius 2 is 1.67 bits per heavy atom. The number of hydrogen-bond acceptors (Lipinski definition) is 2. The number of carbonyl (C=O) groups is 1. The molecule has 0 aliphatic carbocycles. The average molecular weight is 194 g/mol. The van der Waals surface area contributed by atoms with E-state index in [4.69, 9.17) is 9.79 Å².